The maximum absolute atomic E-state index is 12.3. The molecule has 3 rings (SSSR count). The lowest BCUT2D eigenvalue weighted by atomic mass is 9.90. The molecule has 3 atom stereocenters. The van der Waals surface area contributed by atoms with Crippen molar-refractivity contribution in [1.82, 2.24) is 5.43 Å². The molecular formula is C17H21N3O5. The van der Waals surface area contributed by atoms with E-state index in [0.29, 0.717) is 11.5 Å². The molecule has 1 aromatic carbocycles. The van der Waals surface area contributed by atoms with Gasteiger partial charge < -0.3 is 9.84 Å². The summed E-state index contributed by atoms with van der Waals surface area (Å²) >= 11 is 0. The maximum atomic E-state index is 12.3. The average Bonchev–Trinajstić information content (AvgIpc) is 3.21. The van der Waals surface area contributed by atoms with Crippen LogP contribution in [0.25, 0.3) is 0 Å². The zero-order valence-corrected chi connectivity index (χ0v) is 14.2. The Morgan fingerprint density at radius 1 is 1.52 bits per heavy atom. The molecule has 25 heavy (non-hydrogen) atoms. The lowest BCUT2D eigenvalue weighted by molar-refractivity contribution is -0.386. The van der Waals surface area contributed by atoms with Crippen molar-refractivity contribution in [3.05, 3.63) is 27.8 Å². The van der Waals surface area contributed by atoms with E-state index in [0.717, 1.165) is 19.3 Å². The van der Waals surface area contributed by atoms with Crippen molar-refractivity contribution in [2.24, 2.45) is 22.4 Å². The highest BCUT2D eigenvalue weighted by molar-refractivity contribution is 5.87. The molecule has 2 N–H and O–H groups in total. The average molecular weight is 347 g/mol. The van der Waals surface area contributed by atoms with Crippen molar-refractivity contribution >= 4 is 17.8 Å². The van der Waals surface area contributed by atoms with Gasteiger partial charge >= 0.3 is 5.69 Å². The van der Waals surface area contributed by atoms with Crippen molar-refractivity contribution < 1.29 is 19.6 Å². The zero-order chi connectivity index (χ0) is 18.2. The van der Waals surface area contributed by atoms with Crippen LogP contribution in [0.3, 0.4) is 0 Å². The number of phenolic OH excluding ortho intramolecular Hbond substituents is 1. The predicted octanol–water partition coefficient (Wildman–Crippen LogP) is 2.59. The normalized spacial score (nSPS) is 27.6. The number of rotatable bonds is 5. The van der Waals surface area contributed by atoms with E-state index in [1.165, 1.54) is 31.9 Å². The number of methoxy groups -OCH3 is 1. The first-order valence-corrected chi connectivity index (χ1v) is 8.27. The van der Waals surface area contributed by atoms with Crippen LogP contribution >= 0.6 is 0 Å². The molecule has 2 fully saturated rings. The number of benzene rings is 1. The molecule has 8 nitrogen and oxygen atoms in total. The molecule has 0 heterocycles. The Morgan fingerprint density at radius 3 is 2.88 bits per heavy atom. The quantitative estimate of drug-likeness (QED) is 0.483. The van der Waals surface area contributed by atoms with Crippen molar-refractivity contribution in [1.29, 1.82) is 0 Å². The van der Waals surface area contributed by atoms with Crippen LogP contribution in [0.4, 0.5) is 5.69 Å². The SMILES string of the molecule is COc1cc(/C=N\NC(=O)[C@@H]2[C@H]3CCCC[C@]32C)cc([N+](=O)[O-])c1O. The van der Waals surface area contributed by atoms with Crippen LogP contribution in [-0.2, 0) is 4.79 Å². The Balaban J connectivity index is 1.69. The summed E-state index contributed by atoms with van der Waals surface area (Å²) in [6, 6.07) is 2.59. The van der Waals surface area contributed by atoms with Crippen LogP contribution in [0, 0.1) is 27.4 Å². The fraction of sp³-hybridized carbons (Fsp3) is 0.529. The van der Waals surface area contributed by atoms with Gasteiger partial charge in [-0.05, 0) is 30.2 Å². The van der Waals surface area contributed by atoms with E-state index in [4.69, 9.17) is 4.74 Å². The van der Waals surface area contributed by atoms with Crippen LogP contribution in [0.1, 0.15) is 38.2 Å². The summed E-state index contributed by atoms with van der Waals surface area (Å²) in [7, 11) is 1.30. The van der Waals surface area contributed by atoms with Crippen molar-refractivity contribution in [2.45, 2.75) is 32.6 Å². The molecule has 1 aromatic rings. The van der Waals surface area contributed by atoms with Crippen LogP contribution < -0.4 is 10.2 Å². The standard InChI is InChI=1S/C17H21N3O5/c1-17-6-4-3-5-11(17)14(17)16(22)19-18-9-10-7-12(20(23)24)15(21)13(8-10)25-2/h7-9,11,14,21H,3-6H2,1-2H3,(H,19,22)/b18-9-/t11-,14+,17-/m1/s1. The Hall–Kier alpha value is -2.64. The Morgan fingerprint density at radius 2 is 2.28 bits per heavy atom. The smallest absolute Gasteiger partial charge is 0.315 e. The van der Waals surface area contributed by atoms with Crippen LogP contribution in [0.2, 0.25) is 0 Å². The largest absolute Gasteiger partial charge is 0.500 e. The second kappa shape index (κ2) is 6.34. The number of amides is 1. The summed E-state index contributed by atoms with van der Waals surface area (Å²) in [5.41, 5.74) is 2.50. The lowest BCUT2D eigenvalue weighted by Crippen LogP contribution is -2.22. The van der Waals surface area contributed by atoms with Gasteiger partial charge in [0.1, 0.15) is 0 Å². The molecule has 0 spiro atoms. The van der Waals surface area contributed by atoms with Crippen LogP contribution in [0.5, 0.6) is 11.5 Å². The number of nitro groups is 1. The second-order valence-electron chi connectivity index (χ2n) is 6.92. The molecule has 2 aliphatic rings. The second-order valence-corrected chi connectivity index (χ2v) is 6.92. The number of hydrogen-bond acceptors (Lipinski definition) is 6. The summed E-state index contributed by atoms with van der Waals surface area (Å²) in [5.74, 6) is -0.237. The van der Waals surface area contributed by atoms with Crippen LogP contribution in [0.15, 0.2) is 17.2 Å². The minimum absolute atomic E-state index is 0.00385. The van der Waals surface area contributed by atoms with Crippen molar-refractivity contribution in [3.8, 4) is 11.5 Å². The summed E-state index contributed by atoms with van der Waals surface area (Å²) in [4.78, 5) is 22.6. The lowest BCUT2D eigenvalue weighted by Gasteiger charge is -2.15. The number of carbonyl (C=O) groups excluding carboxylic acids is 1. The van der Waals surface area contributed by atoms with Gasteiger partial charge in [-0.2, -0.15) is 5.10 Å². The van der Waals surface area contributed by atoms with Gasteiger partial charge in [0.15, 0.2) is 5.75 Å². The third-order valence-electron chi connectivity index (χ3n) is 5.50. The monoisotopic (exact) mass is 347 g/mol. The molecule has 0 bridgehead atoms. The summed E-state index contributed by atoms with van der Waals surface area (Å²) < 4.78 is 4.93. The van der Waals surface area contributed by atoms with Gasteiger partial charge in [0.25, 0.3) is 0 Å². The third-order valence-corrected chi connectivity index (χ3v) is 5.50. The van der Waals surface area contributed by atoms with Gasteiger partial charge in [-0.1, -0.05) is 19.8 Å². The van der Waals surface area contributed by atoms with E-state index < -0.39 is 16.4 Å². The highest BCUT2D eigenvalue weighted by Crippen LogP contribution is 2.66. The number of ether oxygens (including phenoxy) is 1. The summed E-state index contributed by atoms with van der Waals surface area (Å²) in [6.07, 6.45) is 5.79. The van der Waals surface area contributed by atoms with Gasteiger partial charge in [0.05, 0.1) is 18.2 Å². The molecule has 8 heteroatoms. The highest BCUT2D eigenvalue weighted by atomic mass is 16.6. The number of aromatic hydroxyl groups is 1. The van der Waals surface area contributed by atoms with Gasteiger partial charge in [-0.15, -0.1) is 0 Å². The summed E-state index contributed by atoms with van der Waals surface area (Å²) in [5, 5.41) is 24.6. The molecule has 2 saturated carbocycles. The molecule has 0 unspecified atom stereocenters. The van der Waals surface area contributed by atoms with Crippen LogP contribution in [-0.4, -0.2) is 29.3 Å². The van der Waals surface area contributed by atoms with Crippen molar-refractivity contribution in [3.63, 3.8) is 0 Å². The van der Waals surface area contributed by atoms with Gasteiger partial charge in [-0.25, -0.2) is 5.43 Å². The van der Waals surface area contributed by atoms with E-state index >= 15 is 0 Å². The first-order chi connectivity index (χ1) is 11.9. The van der Waals surface area contributed by atoms with E-state index in [1.807, 2.05) is 0 Å². The number of carbonyl (C=O) groups is 1. The van der Waals surface area contributed by atoms with E-state index in [-0.39, 0.29) is 23.0 Å². The topological polar surface area (TPSA) is 114 Å². The molecule has 134 valence electrons. The highest BCUT2D eigenvalue weighted by Gasteiger charge is 2.64. The van der Waals surface area contributed by atoms with E-state index in [2.05, 4.69) is 17.5 Å². The van der Waals surface area contributed by atoms with E-state index in [1.54, 1.807) is 0 Å². The molecular weight excluding hydrogens is 326 g/mol. The predicted molar refractivity (Wildman–Crippen MR) is 90.6 cm³/mol. The Bertz CT molecular complexity index is 748. The number of nitrogens with zero attached hydrogens (tertiary/aromatic N) is 2. The molecule has 2 aliphatic carbocycles. The van der Waals surface area contributed by atoms with Gasteiger partial charge in [0, 0.05) is 17.5 Å². The summed E-state index contributed by atoms with van der Waals surface area (Å²) in [6.45, 7) is 2.15. The third kappa shape index (κ3) is 3.04. The molecule has 0 saturated heterocycles. The van der Waals surface area contributed by atoms with Crippen molar-refractivity contribution in [2.75, 3.05) is 7.11 Å². The molecule has 0 aromatic heterocycles. The van der Waals surface area contributed by atoms with E-state index in [9.17, 15) is 20.0 Å². The maximum Gasteiger partial charge on any atom is 0.315 e. The minimum atomic E-state index is -0.705. The number of nitro benzene ring substituents is 1. The van der Waals surface area contributed by atoms with Gasteiger partial charge in [0.2, 0.25) is 11.7 Å². The minimum Gasteiger partial charge on any atom is -0.500 e. The Kier molecular flexibility index (Phi) is 4.36. The molecule has 1 amide bonds. The number of hydrogen-bond donors (Lipinski definition) is 2. The molecule has 0 aliphatic heterocycles. The zero-order valence-electron chi connectivity index (χ0n) is 14.2. The first kappa shape index (κ1) is 17.2. The first-order valence-electron chi connectivity index (χ1n) is 8.27. The fourth-order valence-corrected chi connectivity index (χ4v) is 4.07. The number of phenols is 1. The number of fused-ring (bicyclic) bond motifs is 1. The number of nitrogens with one attached hydrogen (secondary N) is 1. The Labute approximate surface area is 145 Å². The molecule has 0 radical (unpaired) electrons. The fourth-order valence-electron chi connectivity index (χ4n) is 4.07. The number of hydrazone groups is 1. The van der Waals surface area contributed by atoms with Gasteiger partial charge in [-0.3, -0.25) is 14.9 Å².